The summed E-state index contributed by atoms with van der Waals surface area (Å²) in [6, 6.07) is 12.8. The van der Waals surface area contributed by atoms with Crippen LogP contribution in [0.5, 0.6) is 0 Å². The predicted octanol–water partition coefficient (Wildman–Crippen LogP) is 3.14. The summed E-state index contributed by atoms with van der Waals surface area (Å²) in [7, 11) is 0. The fourth-order valence-corrected chi connectivity index (χ4v) is 2.96. The van der Waals surface area contributed by atoms with E-state index in [-0.39, 0.29) is 17.7 Å². The van der Waals surface area contributed by atoms with Gasteiger partial charge in [0.1, 0.15) is 0 Å². The van der Waals surface area contributed by atoms with Crippen LogP contribution in [-0.4, -0.2) is 29.7 Å². The Labute approximate surface area is 115 Å². The van der Waals surface area contributed by atoms with E-state index in [0.29, 0.717) is 6.42 Å². The first kappa shape index (κ1) is 14.0. The Bertz CT molecular complexity index is 450. The van der Waals surface area contributed by atoms with E-state index in [1.165, 1.54) is 5.56 Å². The van der Waals surface area contributed by atoms with Crippen molar-refractivity contribution in [3.05, 3.63) is 35.9 Å². The highest BCUT2D eigenvalue weighted by Gasteiger charge is 2.35. The number of nitriles is 1. The summed E-state index contributed by atoms with van der Waals surface area (Å²) in [4.78, 5) is 2.38. The molecule has 0 N–H and O–H groups in total. The van der Waals surface area contributed by atoms with Gasteiger partial charge in [-0.15, -0.1) is 0 Å². The van der Waals surface area contributed by atoms with Crippen LogP contribution in [0, 0.1) is 11.3 Å². The number of rotatable bonds is 3. The average molecular weight is 258 g/mol. The highest BCUT2D eigenvalue weighted by Crippen LogP contribution is 2.30. The van der Waals surface area contributed by atoms with Gasteiger partial charge in [-0.2, -0.15) is 5.26 Å². The highest BCUT2D eigenvalue weighted by molar-refractivity contribution is 5.20. The lowest BCUT2D eigenvalue weighted by Gasteiger charge is -2.44. The largest absolute Gasteiger partial charge is 0.370 e. The van der Waals surface area contributed by atoms with E-state index >= 15 is 0 Å². The van der Waals surface area contributed by atoms with E-state index in [4.69, 9.17) is 10.00 Å². The third kappa shape index (κ3) is 3.56. The van der Waals surface area contributed by atoms with Crippen molar-refractivity contribution in [2.45, 2.75) is 44.9 Å². The first-order chi connectivity index (χ1) is 9.02. The van der Waals surface area contributed by atoms with Crippen LogP contribution in [0.15, 0.2) is 30.3 Å². The molecule has 2 unspecified atom stereocenters. The average Bonchev–Trinajstić information content (AvgIpc) is 2.34. The Morgan fingerprint density at radius 3 is 2.68 bits per heavy atom. The van der Waals surface area contributed by atoms with Gasteiger partial charge in [0.25, 0.3) is 0 Å². The summed E-state index contributed by atoms with van der Waals surface area (Å²) in [5.41, 5.74) is 1.06. The molecular weight excluding hydrogens is 236 g/mol. The summed E-state index contributed by atoms with van der Waals surface area (Å²) >= 11 is 0. The van der Waals surface area contributed by atoms with E-state index in [1.807, 2.05) is 18.2 Å². The number of hydrogen-bond acceptors (Lipinski definition) is 3. The monoisotopic (exact) mass is 258 g/mol. The zero-order chi connectivity index (χ0) is 13.9. The van der Waals surface area contributed by atoms with Crippen molar-refractivity contribution in [2.75, 3.05) is 13.1 Å². The first-order valence-electron chi connectivity index (χ1n) is 6.85. The molecule has 0 saturated carbocycles. The zero-order valence-electron chi connectivity index (χ0n) is 12.0. The molecule has 1 aliphatic heterocycles. The van der Waals surface area contributed by atoms with Crippen LogP contribution in [0.2, 0.25) is 0 Å². The van der Waals surface area contributed by atoms with Crippen molar-refractivity contribution in [3.8, 4) is 6.07 Å². The van der Waals surface area contributed by atoms with Crippen LogP contribution in [0.1, 0.15) is 38.8 Å². The van der Waals surface area contributed by atoms with E-state index in [0.717, 1.165) is 13.1 Å². The lowest BCUT2D eigenvalue weighted by atomic mass is 9.97. The maximum Gasteiger partial charge on any atom is 0.0757 e. The van der Waals surface area contributed by atoms with Crippen LogP contribution < -0.4 is 0 Å². The molecule has 0 spiro atoms. The molecule has 1 aromatic rings. The molecule has 3 nitrogen and oxygen atoms in total. The first-order valence-corrected chi connectivity index (χ1v) is 6.85. The Kier molecular flexibility index (Phi) is 4.24. The second-order valence-corrected chi connectivity index (χ2v) is 5.91. The Morgan fingerprint density at radius 1 is 1.42 bits per heavy atom. The van der Waals surface area contributed by atoms with Gasteiger partial charge in [-0.1, -0.05) is 30.3 Å². The van der Waals surface area contributed by atoms with Gasteiger partial charge >= 0.3 is 0 Å². The summed E-state index contributed by atoms with van der Waals surface area (Å²) in [5, 5.41) is 9.12. The van der Waals surface area contributed by atoms with Crippen molar-refractivity contribution in [1.29, 1.82) is 5.26 Å². The topological polar surface area (TPSA) is 36.3 Å². The fraction of sp³-hybridized carbons (Fsp3) is 0.562. The van der Waals surface area contributed by atoms with Gasteiger partial charge in [-0.25, -0.2) is 0 Å². The molecule has 1 fully saturated rings. The second kappa shape index (κ2) is 5.73. The molecule has 102 valence electrons. The molecule has 0 aromatic heterocycles. The minimum Gasteiger partial charge on any atom is -0.370 e. The summed E-state index contributed by atoms with van der Waals surface area (Å²) in [5.74, 6) is 0. The normalized spacial score (nSPS) is 24.6. The molecule has 0 amide bonds. The van der Waals surface area contributed by atoms with Crippen molar-refractivity contribution >= 4 is 0 Å². The molecular formula is C16H22N2O. The van der Waals surface area contributed by atoms with Crippen LogP contribution >= 0.6 is 0 Å². The summed E-state index contributed by atoms with van der Waals surface area (Å²) < 4.78 is 5.94. The van der Waals surface area contributed by atoms with Crippen LogP contribution in [0.4, 0.5) is 0 Å². The van der Waals surface area contributed by atoms with Crippen molar-refractivity contribution in [2.24, 2.45) is 0 Å². The lowest BCUT2D eigenvalue weighted by Crippen LogP contribution is -2.52. The van der Waals surface area contributed by atoms with Gasteiger partial charge in [-0.05, 0) is 26.3 Å². The molecule has 0 aliphatic carbocycles. The minimum atomic E-state index is -0.153. The van der Waals surface area contributed by atoms with E-state index in [9.17, 15) is 0 Å². The van der Waals surface area contributed by atoms with Gasteiger partial charge in [0.2, 0.25) is 0 Å². The van der Waals surface area contributed by atoms with Gasteiger partial charge in [-0.3, -0.25) is 4.90 Å². The molecule has 19 heavy (non-hydrogen) atoms. The van der Waals surface area contributed by atoms with Crippen LogP contribution in [0.3, 0.4) is 0 Å². The van der Waals surface area contributed by atoms with Crippen LogP contribution in [-0.2, 0) is 4.74 Å². The number of ether oxygens (including phenoxy) is 1. The number of nitrogens with zero attached hydrogens (tertiary/aromatic N) is 2. The van der Waals surface area contributed by atoms with E-state index < -0.39 is 0 Å². The number of hydrogen-bond donors (Lipinski definition) is 0. The van der Waals surface area contributed by atoms with Crippen molar-refractivity contribution in [3.63, 3.8) is 0 Å². The van der Waals surface area contributed by atoms with Gasteiger partial charge in [0, 0.05) is 19.1 Å². The summed E-state index contributed by atoms with van der Waals surface area (Å²) in [6.07, 6.45) is 0.723. The third-order valence-electron chi connectivity index (χ3n) is 3.51. The van der Waals surface area contributed by atoms with E-state index in [2.05, 4.69) is 43.9 Å². The van der Waals surface area contributed by atoms with Crippen molar-refractivity contribution in [1.82, 2.24) is 4.90 Å². The molecule has 0 bridgehead atoms. The molecule has 2 atom stereocenters. The van der Waals surface area contributed by atoms with Crippen LogP contribution in [0.25, 0.3) is 0 Å². The standard InChI is InChI=1S/C16H22N2O/c1-13-11-18(12-16(2,3)19-13)15(9-10-17)14-7-5-4-6-8-14/h4-8,13,15H,9,11-12H2,1-3H3. The van der Waals surface area contributed by atoms with Crippen molar-refractivity contribution < 1.29 is 4.74 Å². The molecule has 1 aromatic carbocycles. The maximum absolute atomic E-state index is 9.12. The molecule has 0 radical (unpaired) electrons. The second-order valence-electron chi connectivity index (χ2n) is 5.91. The minimum absolute atomic E-state index is 0.153. The number of morpholine rings is 1. The zero-order valence-corrected chi connectivity index (χ0v) is 12.0. The third-order valence-corrected chi connectivity index (χ3v) is 3.51. The fourth-order valence-electron chi connectivity index (χ4n) is 2.96. The highest BCUT2D eigenvalue weighted by atomic mass is 16.5. The molecule has 2 rings (SSSR count). The smallest absolute Gasteiger partial charge is 0.0757 e. The summed E-state index contributed by atoms with van der Waals surface area (Å²) in [6.45, 7) is 8.07. The number of benzene rings is 1. The quantitative estimate of drug-likeness (QED) is 0.835. The SMILES string of the molecule is CC1CN(C(CC#N)c2ccccc2)CC(C)(C)O1. The molecule has 1 saturated heterocycles. The molecule has 1 heterocycles. The lowest BCUT2D eigenvalue weighted by molar-refractivity contribution is -0.138. The van der Waals surface area contributed by atoms with Gasteiger partial charge in [0.05, 0.1) is 24.2 Å². The van der Waals surface area contributed by atoms with Gasteiger partial charge in [0.15, 0.2) is 0 Å². The Hall–Kier alpha value is -1.37. The Morgan fingerprint density at radius 2 is 2.11 bits per heavy atom. The predicted molar refractivity (Wildman–Crippen MR) is 75.6 cm³/mol. The molecule has 3 heteroatoms. The Balaban J connectivity index is 2.22. The molecule has 1 aliphatic rings. The van der Waals surface area contributed by atoms with E-state index in [1.54, 1.807) is 0 Å². The van der Waals surface area contributed by atoms with Gasteiger partial charge < -0.3 is 4.74 Å². The maximum atomic E-state index is 9.12.